The lowest BCUT2D eigenvalue weighted by molar-refractivity contribution is -0.123. The highest BCUT2D eigenvalue weighted by atomic mass is 16.2. The quantitative estimate of drug-likeness (QED) is 0.899. The van der Waals surface area contributed by atoms with E-state index in [1.807, 2.05) is 12.1 Å². The molecule has 5 nitrogen and oxygen atoms in total. The van der Waals surface area contributed by atoms with Crippen molar-refractivity contribution >= 4 is 23.3 Å². The van der Waals surface area contributed by atoms with Crippen LogP contribution >= 0.6 is 0 Å². The molecule has 0 aromatic heterocycles. The number of carbonyl (C=O) groups excluding carboxylic acids is 2. The highest BCUT2D eigenvalue weighted by Crippen LogP contribution is 2.27. The first-order valence-corrected chi connectivity index (χ1v) is 7.07. The standard InChI is InChI=1S/C16H17N3O2/c1-19-14(20)10-17-16(19)18-15(21)13-8-6-12(7-9-13)11-4-2-3-5-11/h4,6-9H,2-3,5,10H2,1H3,(H,17,18,21). The van der Waals surface area contributed by atoms with Crippen molar-refractivity contribution in [2.24, 2.45) is 4.99 Å². The summed E-state index contributed by atoms with van der Waals surface area (Å²) < 4.78 is 0. The number of hydrogen-bond donors (Lipinski definition) is 1. The van der Waals surface area contributed by atoms with Crippen molar-refractivity contribution in [3.05, 3.63) is 41.5 Å². The highest BCUT2D eigenvalue weighted by Gasteiger charge is 2.23. The Morgan fingerprint density at radius 2 is 2.05 bits per heavy atom. The lowest BCUT2D eigenvalue weighted by Gasteiger charge is -2.13. The topological polar surface area (TPSA) is 61.8 Å². The number of benzene rings is 1. The minimum atomic E-state index is -0.248. The molecule has 1 aromatic carbocycles. The lowest BCUT2D eigenvalue weighted by Crippen LogP contribution is -2.41. The van der Waals surface area contributed by atoms with Gasteiger partial charge >= 0.3 is 0 Å². The number of allylic oxidation sites excluding steroid dienone is 2. The van der Waals surface area contributed by atoms with E-state index in [-0.39, 0.29) is 18.4 Å². The molecule has 1 aliphatic carbocycles. The van der Waals surface area contributed by atoms with Gasteiger partial charge in [-0.3, -0.25) is 19.8 Å². The number of nitrogens with one attached hydrogen (secondary N) is 1. The van der Waals surface area contributed by atoms with Crippen molar-refractivity contribution in [2.45, 2.75) is 19.3 Å². The van der Waals surface area contributed by atoms with E-state index in [0.29, 0.717) is 11.5 Å². The van der Waals surface area contributed by atoms with Crippen molar-refractivity contribution in [1.82, 2.24) is 10.2 Å². The van der Waals surface area contributed by atoms with Crippen LogP contribution in [0.1, 0.15) is 35.2 Å². The molecule has 0 radical (unpaired) electrons. The minimum absolute atomic E-state index is 0.0964. The molecule has 21 heavy (non-hydrogen) atoms. The summed E-state index contributed by atoms with van der Waals surface area (Å²) in [6.07, 6.45) is 5.70. The van der Waals surface area contributed by atoms with Gasteiger partial charge in [0.1, 0.15) is 6.54 Å². The Morgan fingerprint density at radius 1 is 1.29 bits per heavy atom. The number of likely N-dealkylation sites (N-methyl/N-ethyl adjacent to an activating group) is 1. The van der Waals surface area contributed by atoms with Gasteiger partial charge in [0.15, 0.2) is 0 Å². The molecule has 0 saturated heterocycles. The minimum Gasteiger partial charge on any atom is -0.292 e. The summed E-state index contributed by atoms with van der Waals surface area (Å²) in [5, 5.41) is 2.67. The normalized spacial score (nSPS) is 17.8. The van der Waals surface area contributed by atoms with Crippen LogP contribution in [0.25, 0.3) is 5.57 Å². The molecule has 1 N–H and O–H groups in total. The van der Waals surface area contributed by atoms with E-state index in [9.17, 15) is 9.59 Å². The fourth-order valence-electron chi connectivity index (χ4n) is 2.54. The molecular weight excluding hydrogens is 266 g/mol. The second kappa shape index (κ2) is 5.52. The molecule has 3 rings (SSSR count). The average molecular weight is 283 g/mol. The molecule has 0 unspecified atom stereocenters. The molecule has 0 fully saturated rings. The van der Waals surface area contributed by atoms with Crippen molar-refractivity contribution in [3.63, 3.8) is 0 Å². The third-order valence-electron chi connectivity index (χ3n) is 3.84. The lowest BCUT2D eigenvalue weighted by atomic mass is 10.0. The number of nitrogens with zero attached hydrogens (tertiary/aromatic N) is 2. The van der Waals surface area contributed by atoms with Gasteiger partial charge in [-0.05, 0) is 42.5 Å². The van der Waals surface area contributed by atoms with Gasteiger partial charge in [0.2, 0.25) is 5.96 Å². The van der Waals surface area contributed by atoms with Gasteiger partial charge in [0.25, 0.3) is 11.8 Å². The van der Waals surface area contributed by atoms with Crippen LogP contribution in [-0.4, -0.2) is 36.3 Å². The fraction of sp³-hybridized carbons (Fsp3) is 0.312. The summed E-state index contributed by atoms with van der Waals surface area (Å²) in [7, 11) is 1.60. The van der Waals surface area contributed by atoms with Crippen LogP contribution in [0.2, 0.25) is 0 Å². The summed E-state index contributed by atoms with van der Waals surface area (Å²) in [6.45, 7) is 0.0964. The van der Waals surface area contributed by atoms with E-state index < -0.39 is 0 Å². The molecule has 1 heterocycles. The van der Waals surface area contributed by atoms with Crippen LogP contribution < -0.4 is 5.32 Å². The van der Waals surface area contributed by atoms with Crippen molar-refractivity contribution in [2.75, 3.05) is 13.6 Å². The average Bonchev–Trinajstić information content (AvgIpc) is 3.13. The molecule has 0 saturated carbocycles. The van der Waals surface area contributed by atoms with E-state index in [0.717, 1.165) is 12.8 Å². The predicted molar refractivity (Wildman–Crippen MR) is 80.8 cm³/mol. The monoisotopic (exact) mass is 283 g/mol. The van der Waals surface area contributed by atoms with E-state index >= 15 is 0 Å². The van der Waals surface area contributed by atoms with E-state index in [4.69, 9.17) is 0 Å². The van der Waals surface area contributed by atoms with Gasteiger partial charge in [0.05, 0.1) is 0 Å². The Kier molecular flexibility index (Phi) is 3.56. The van der Waals surface area contributed by atoms with Crippen LogP contribution in [-0.2, 0) is 4.79 Å². The summed E-state index contributed by atoms with van der Waals surface area (Å²) in [6, 6.07) is 7.55. The number of carbonyl (C=O) groups is 2. The zero-order valence-electron chi connectivity index (χ0n) is 11.9. The van der Waals surface area contributed by atoms with Crippen LogP contribution in [0.4, 0.5) is 0 Å². The van der Waals surface area contributed by atoms with Gasteiger partial charge in [0, 0.05) is 12.6 Å². The van der Waals surface area contributed by atoms with Gasteiger partial charge in [-0.25, -0.2) is 4.99 Å². The van der Waals surface area contributed by atoms with E-state index in [1.165, 1.54) is 22.5 Å². The van der Waals surface area contributed by atoms with Gasteiger partial charge in [-0.1, -0.05) is 18.2 Å². The van der Waals surface area contributed by atoms with Crippen LogP contribution in [0.3, 0.4) is 0 Å². The molecule has 0 atom stereocenters. The van der Waals surface area contributed by atoms with Crippen LogP contribution in [0.5, 0.6) is 0 Å². The third-order valence-corrected chi connectivity index (χ3v) is 3.84. The summed E-state index contributed by atoms with van der Waals surface area (Å²) >= 11 is 0. The second-order valence-electron chi connectivity index (χ2n) is 5.25. The number of rotatable bonds is 2. The van der Waals surface area contributed by atoms with Gasteiger partial charge < -0.3 is 0 Å². The van der Waals surface area contributed by atoms with Gasteiger partial charge in [-0.2, -0.15) is 0 Å². The number of amides is 2. The molecule has 2 aliphatic rings. The molecule has 0 spiro atoms. The van der Waals surface area contributed by atoms with Crippen molar-refractivity contribution in [3.8, 4) is 0 Å². The molecule has 1 aromatic rings. The Balaban J connectivity index is 1.69. The molecule has 0 bridgehead atoms. The molecule has 108 valence electrons. The van der Waals surface area contributed by atoms with Gasteiger partial charge in [-0.15, -0.1) is 0 Å². The maximum atomic E-state index is 12.1. The zero-order chi connectivity index (χ0) is 14.8. The molecule has 2 amide bonds. The summed E-state index contributed by atoms with van der Waals surface area (Å²) in [5.74, 6) is -0.0522. The Bertz CT molecular complexity index is 644. The summed E-state index contributed by atoms with van der Waals surface area (Å²) in [4.78, 5) is 28.8. The first-order valence-electron chi connectivity index (χ1n) is 7.07. The Labute approximate surface area is 123 Å². The largest absolute Gasteiger partial charge is 0.292 e. The molecule has 5 heteroatoms. The maximum absolute atomic E-state index is 12.1. The van der Waals surface area contributed by atoms with Crippen LogP contribution in [0.15, 0.2) is 35.3 Å². The first-order chi connectivity index (χ1) is 10.1. The Morgan fingerprint density at radius 3 is 2.62 bits per heavy atom. The maximum Gasteiger partial charge on any atom is 0.257 e. The second-order valence-corrected chi connectivity index (χ2v) is 5.25. The van der Waals surface area contributed by atoms with Crippen LogP contribution in [0, 0.1) is 0 Å². The number of guanidine groups is 1. The highest BCUT2D eigenvalue weighted by molar-refractivity contribution is 6.12. The smallest absolute Gasteiger partial charge is 0.257 e. The number of aliphatic imine (C=N–C) groups is 1. The van der Waals surface area contributed by atoms with E-state index in [1.54, 1.807) is 19.2 Å². The Hall–Kier alpha value is -2.43. The molecule has 1 aliphatic heterocycles. The van der Waals surface area contributed by atoms with Crippen molar-refractivity contribution < 1.29 is 9.59 Å². The molecular formula is C16H17N3O2. The predicted octanol–water partition coefficient (Wildman–Crippen LogP) is 1.81. The van der Waals surface area contributed by atoms with E-state index in [2.05, 4.69) is 16.4 Å². The van der Waals surface area contributed by atoms with Crippen molar-refractivity contribution in [1.29, 1.82) is 0 Å². The third kappa shape index (κ3) is 2.72. The SMILES string of the molecule is CN1C(=O)CN=C1NC(=O)c1ccc(C2=CCCC2)cc1. The summed E-state index contributed by atoms with van der Waals surface area (Å²) in [5.41, 5.74) is 3.09. The first kappa shape index (κ1) is 13.5. The number of hydrogen-bond acceptors (Lipinski definition) is 3. The zero-order valence-corrected chi connectivity index (χ0v) is 11.9. The fourth-order valence-corrected chi connectivity index (χ4v) is 2.54.